The SMILES string of the molecule is CCCN1CCC(N(C)Cc2cc3nc(-c4cnc(C)nc4)nc(N4CCOCC4)c3s2)CC1. The van der Waals surface area contributed by atoms with Gasteiger partial charge in [0.1, 0.15) is 5.82 Å². The quantitative estimate of drug-likeness (QED) is 0.507. The standard InChI is InChI=1S/C25H35N7OS/c1-4-7-31-8-5-20(6-9-31)30(3)17-21-14-22-23(34-21)25(32-10-12-33-13-11-32)29-24(28-22)19-15-26-18(2)27-16-19/h14-16,20H,4-13,17H2,1-3H3. The molecule has 0 bridgehead atoms. The molecule has 2 fully saturated rings. The van der Waals surface area contributed by atoms with E-state index in [-0.39, 0.29) is 0 Å². The lowest BCUT2D eigenvalue weighted by Crippen LogP contribution is -2.43. The summed E-state index contributed by atoms with van der Waals surface area (Å²) in [4.78, 5) is 27.5. The lowest BCUT2D eigenvalue weighted by Gasteiger charge is -2.36. The predicted octanol–water partition coefficient (Wildman–Crippen LogP) is 3.60. The van der Waals surface area contributed by atoms with Crippen molar-refractivity contribution in [2.24, 2.45) is 0 Å². The summed E-state index contributed by atoms with van der Waals surface area (Å²) in [5.74, 6) is 2.45. The van der Waals surface area contributed by atoms with Gasteiger partial charge in [-0.15, -0.1) is 11.3 Å². The number of morpholine rings is 1. The van der Waals surface area contributed by atoms with Crippen LogP contribution in [0, 0.1) is 6.92 Å². The van der Waals surface area contributed by atoms with E-state index in [0.29, 0.717) is 11.9 Å². The smallest absolute Gasteiger partial charge is 0.165 e. The third-order valence-electron chi connectivity index (χ3n) is 6.88. The summed E-state index contributed by atoms with van der Waals surface area (Å²) < 4.78 is 6.76. The molecule has 9 heteroatoms. The number of ether oxygens (including phenoxy) is 1. The Morgan fingerprint density at radius 2 is 1.82 bits per heavy atom. The maximum atomic E-state index is 5.60. The molecule has 5 rings (SSSR count). The molecular weight excluding hydrogens is 446 g/mol. The minimum absolute atomic E-state index is 0.642. The van der Waals surface area contributed by atoms with Crippen molar-refractivity contribution in [3.63, 3.8) is 0 Å². The molecule has 3 aromatic heterocycles. The van der Waals surface area contributed by atoms with Gasteiger partial charge in [0.2, 0.25) is 0 Å². The fourth-order valence-electron chi connectivity index (χ4n) is 4.94. The Morgan fingerprint density at radius 3 is 2.53 bits per heavy atom. The van der Waals surface area contributed by atoms with E-state index in [1.165, 1.54) is 48.5 Å². The van der Waals surface area contributed by atoms with Gasteiger partial charge in [0.05, 0.1) is 29.0 Å². The van der Waals surface area contributed by atoms with Crippen molar-refractivity contribution in [1.29, 1.82) is 0 Å². The van der Waals surface area contributed by atoms with E-state index >= 15 is 0 Å². The van der Waals surface area contributed by atoms with Gasteiger partial charge in [-0.3, -0.25) is 4.90 Å². The molecule has 8 nitrogen and oxygen atoms in total. The Labute approximate surface area is 206 Å². The van der Waals surface area contributed by atoms with E-state index in [1.54, 1.807) is 0 Å². The molecule has 34 heavy (non-hydrogen) atoms. The van der Waals surface area contributed by atoms with Crippen molar-refractivity contribution in [3.8, 4) is 11.4 Å². The van der Waals surface area contributed by atoms with E-state index in [4.69, 9.17) is 14.7 Å². The molecule has 0 N–H and O–H groups in total. The summed E-state index contributed by atoms with van der Waals surface area (Å²) in [6.07, 6.45) is 7.37. The summed E-state index contributed by atoms with van der Waals surface area (Å²) in [6, 6.07) is 2.90. The molecule has 3 aromatic rings. The fraction of sp³-hybridized carbons (Fsp3) is 0.600. The molecule has 182 valence electrons. The average molecular weight is 482 g/mol. The van der Waals surface area contributed by atoms with Gasteiger partial charge in [-0.25, -0.2) is 19.9 Å². The zero-order chi connectivity index (χ0) is 23.5. The maximum Gasteiger partial charge on any atom is 0.165 e. The van der Waals surface area contributed by atoms with Crippen LogP contribution in [0.25, 0.3) is 21.6 Å². The zero-order valence-corrected chi connectivity index (χ0v) is 21.4. The first-order chi connectivity index (χ1) is 16.6. The molecule has 0 radical (unpaired) electrons. The molecule has 0 aliphatic carbocycles. The van der Waals surface area contributed by atoms with Crippen molar-refractivity contribution in [2.75, 3.05) is 57.9 Å². The van der Waals surface area contributed by atoms with Crippen LogP contribution in [0.5, 0.6) is 0 Å². The van der Waals surface area contributed by atoms with E-state index in [1.807, 2.05) is 30.7 Å². The van der Waals surface area contributed by atoms with Crippen molar-refractivity contribution >= 4 is 27.4 Å². The molecule has 0 aromatic carbocycles. The van der Waals surface area contributed by atoms with Gasteiger partial charge in [-0.2, -0.15) is 0 Å². The van der Waals surface area contributed by atoms with Crippen LogP contribution in [0.4, 0.5) is 5.82 Å². The summed E-state index contributed by atoms with van der Waals surface area (Å²) in [5, 5.41) is 0. The first-order valence-corrected chi connectivity index (χ1v) is 13.3. The Morgan fingerprint density at radius 1 is 1.09 bits per heavy atom. The molecule has 0 unspecified atom stereocenters. The van der Waals surface area contributed by atoms with Gasteiger partial charge in [-0.05, 0) is 58.9 Å². The number of nitrogens with zero attached hydrogens (tertiary/aromatic N) is 7. The maximum absolute atomic E-state index is 5.60. The third kappa shape index (κ3) is 5.22. The molecule has 2 aliphatic heterocycles. The van der Waals surface area contributed by atoms with Crippen LogP contribution in [0.3, 0.4) is 0 Å². The summed E-state index contributed by atoms with van der Waals surface area (Å²) in [6.45, 7) is 11.9. The van der Waals surface area contributed by atoms with E-state index in [2.05, 4.69) is 44.7 Å². The minimum atomic E-state index is 0.642. The second-order valence-corrected chi connectivity index (χ2v) is 10.5. The Balaban J connectivity index is 1.41. The van der Waals surface area contributed by atoms with Gasteiger partial charge >= 0.3 is 0 Å². The summed E-state index contributed by atoms with van der Waals surface area (Å²) in [5.41, 5.74) is 1.86. The lowest BCUT2D eigenvalue weighted by molar-refractivity contribution is 0.122. The van der Waals surface area contributed by atoms with Crippen LogP contribution in [-0.2, 0) is 11.3 Å². The lowest BCUT2D eigenvalue weighted by atomic mass is 10.0. The molecule has 2 saturated heterocycles. The number of aromatic nitrogens is 4. The van der Waals surface area contributed by atoms with Gasteiger partial charge in [0.25, 0.3) is 0 Å². The van der Waals surface area contributed by atoms with Crippen molar-refractivity contribution in [3.05, 3.63) is 29.2 Å². The summed E-state index contributed by atoms with van der Waals surface area (Å²) in [7, 11) is 2.27. The summed E-state index contributed by atoms with van der Waals surface area (Å²) >= 11 is 1.83. The molecular formula is C25H35N7OS. The Kier molecular flexibility index (Phi) is 7.34. The first-order valence-electron chi connectivity index (χ1n) is 12.5. The van der Waals surface area contributed by atoms with Gasteiger partial charge < -0.3 is 14.5 Å². The number of hydrogen-bond acceptors (Lipinski definition) is 9. The number of piperidine rings is 1. The monoisotopic (exact) mass is 481 g/mol. The largest absolute Gasteiger partial charge is 0.378 e. The van der Waals surface area contributed by atoms with Crippen LogP contribution in [0.15, 0.2) is 18.5 Å². The van der Waals surface area contributed by atoms with Crippen LogP contribution >= 0.6 is 11.3 Å². The highest BCUT2D eigenvalue weighted by Crippen LogP contribution is 2.35. The van der Waals surface area contributed by atoms with Crippen LogP contribution in [0.1, 0.15) is 36.9 Å². The van der Waals surface area contributed by atoms with Crippen molar-refractivity contribution < 1.29 is 4.74 Å². The van der Waals surface area contributed by atoms with Gasteiger partial charge in [0.15, 0.2) is 11.6 Å². The van der Waals surface area contributed by atoms with Gasteiger partial charge in [0, 0.05) is 42.9 Å². The zero-order valence-electron chi connectivity index (χ0n) is 20.5. The Bertz CT molecular complexity index is 1090. The van der Waals surface area contributed by atoms with Crippen LogP contribution in [-0.4, -0.2) is 88.8 Å². The van der Waals surface area contributed by atoms with Crippen molar-refractivity contribution in [1.82, 2.24) is 29.7 Å². The fourth-order valence-corrected chi connectivity index (χ4v) is 6.12. The molecule has 0 saturated carbocycles. The highest BCUT2D eigenvalue weighted by Gasteiger charge is 2.24. The normalized spacial score (nSPS) is 18.3. The molecule has 5 heterocycles. The number of rotatable bonds is 7. The number of anilines is 1. The molecule has 0 spiro atoms. The second-order valence-electron chi connectivity index (χ2n) is 9.40. The average Bonchev–Trinajstić information content (AvgIpc) is 3.27. The topological polar surface area (TPSA) is 70.5 Å². The van der Waals surface area contributed by atoms with E-state index in [9.17, 15) is 0 Å². The Hall–Kier alpha value is -2.20. The van der Waals surface area contributed by atoms with Crippen molar-refractivity contribution in [2.45, 2.75) is 45.7 Å². The minimum Gasteiger partial charge on any atom is -0.378 e. The number of thiophene rings is 1. The molecule has 2 aliphatic rings. The highest BCUT2D eigenvalue weighted by atomic mass is 32.1. The molecule has 0 amide bonds. The van der Waals surface area contributed by atoms with Crippen LogP contribution in [0.2, 0.25) is 0 Å². The first kappa shape index (κ1) is 23.5. The predicted molar refractivity (Wildman–Crippen MR) is 137 cm³/mol. The van der Waals surface area contributed by atoms with E-state index < -0.39 is 0 Å². The highest BCUT2D eigenvalue weighted by molar-refractivity contribution is 7.19. The number of likely N-dealkylation sites (tertiary alicyclic amines) is 1. The number of hydrogen-bond donors (Lipinski definition) is 0. The molecule has 0 atom stereocenters. The van der Waals surface area contributed by atoms with Crippen LogP contribution < -0.4 is 4.90 Å². The van der Waals surface area contributed by atoms with Gasteiger partial charge in [-0.1, -0.05) is 6.92 Å². The number of fused-ring (bicyclic) bond motifs is 1. The number of aryl methyl sites for hydroxylation is 1. The second kappa shape index (κ2) is 10.6. The van der Waals surface area contributed by atoms with E-state index in [0.717, 1.165) is 55.6 Å². The third-order valence-corrected chi connectivity index (χ3v) is 7.99.